The molecule has 4 aromatic rings. The van der Waals surface area contributed by atoms with Crippen LogP contribution in [0.3, 0.4) is 0 Å². The van der Waals surface area contributed by atoms with Crippen LogP contribution in [0.15, 0.2) is 61.1 Å². The van der Waals surface area contributed by atoms with Gasteiger partial charge in [-0.2, -0.15) is 13.2 Å². The molecule has 1 aliphatic carbocycles. The first-order valence-electron chi connectivity index (χ1n) is 13.9. The van der Waals surface area contributed by atoms with E-state index in [0.29, 0.717) is 24.6 Å². The van der Waals surface area contributed by atoms with E-state index in [2.05, 4.69) is 49.6 Å². The van der Waals surface area contributed by atoms with E-state index in [1.165, 1.54) is 36.7 Å². The third-order valence-electron chi connectivity index (χ3n) is 7.58. The van der Waals surface area contributed by atoms with E-state index in [0.717, 1.165) is 30.5 Å². The molecule has 4 heterocycles. The number of aromatic nitrogens is 3. The second-order valence-corrected chi connectivity index (χ2v) is 10.8. The van der Waals surface area contributed by atoms with Crippen molar-refractivity contribution >= 4 is 23.2 Å². The summed E-state index contributed by atoms with van der Waals surface area (Å²) in [6.07, 6.45) is 3.16. The fourth-order valence-corrected chi connectivity index (χ4v) is 5.04. The third kappa shape index (κ3) is 6.56. The predicted molar refractivity (Wildman–Crippen MR) is 154 cm³/mol. The van der Waals surface area contributed by atoms with Crippen molar-refractivity contribution in [2.24, 2.45) is 0 Å². The molecule has 0 atom stereocenters. The Hall–Kier alpha value is -4.40. The molecule has 0 spiro atoms. The van der Waals surface area contributed by atoms with Crippen LogP contribution < -0.4 is 10.6 Å². The van der Waals surface area contributed by atoms with E-state index in [1.54, 1.807) is 18.3 Å². The number of likely N-dealkylation sites (N-methyl/N-ethyl adjacent to an activating group) is 1. The van der Waals surface area contributed by atoms with Gasteiger partial charge in [-0.1, -0.05) is 18.1 Å². The van der Waals surface area contributed by atoms with Crippen molar-refractivity contribution in [1.82, 2.24) is 24.2 Å². The van der Waals surface area contributed by atoms with Crippen LogP contribution in [0, 0.1) is 11.8 Å². The van der Waals surface area contributed by atoms with Gasteiger partial charge in [0.25, 0.3) is 0 Å². The number of imidazole rings is 1. The van der Waals surface area contributed by atoms with E-state index < -0.39 is 17.8 Å². The molecule has 0 bridgehead atoms. The van der Waals surface area contributed by atoms with E-state index >= 15 is 0 Å². The average molecular weight is 574 g/mol. The highest BCUT2D eigenvalue weighted by molar-refractivity contribution is 5.99. The number of fused-ring (bicyclic) bond motifs is 1. The summed E-state index contributed by atoms with van der Waals surface area (Å²) in [6.45, 7) is 3.22. The zero-order valence-corrected chi connectivity index (χ0v) is 23.1. The number of piperazine rings is 1. The summed E-state index contributed by atoms with van der Waals surface area (Å²) < 4.78 is 43.7. The van der Waals surface area contributed by atoms with Crippen molar-refractivity contribution in [3.05, 3.63) is 89.0 Å². The summed E-state index contributed by atoms with van der Waals surface area (Å²) in [7, 11) is 2.00. The Balaban J connectivity index is 1.13. The van der Waals surface area contributed by atoms with Crippen molar-refractivity contribution in [3.63, 3.8) is 0 Å². The molecule has 0 radical (unpaired) electrons. The second-order valence-electron chi connectivity index (χ2n) is 10.8. The number of amides is 2. The van der Waals surface area contributed by atoms with Crippen LogP contribution >= 0.6 is 0 Å². The number of anilines is 2. The minimum absolute atomic E-state index is 0.0380. The van der Waals surface area contributed by atoms with Gasteiger partial charge in [0, 0.05) is 56.4 Å². The van der Waals surface area contributed by atoms with Gasteiger partial charge in [0.1, 0.15) is 17.2 Å². The normalized spacial score (nSPS) is 16.2. The summed E-state index contributed by atoms with van der Waals surface area (Å²) in [5.41, 5.74) is 2.91. The molecular formula is C31H30F3N7O. The van der Waals surface area contributed by atoms with Gasteiger partial charge in [0.15, 0.2) is 0 Å². The first kappa shape index (κ1) is 27.8. The molecule has 0 unspecified atom stereocenters. The standard InChI is InChI=1S/C31H30F3N7O/c1-39-12-14-40(15-13-39)19-24-5-7-25(17-27(24)31(32,33)34)37-30(42)38-28-16-21(10-11-35-28)2-8-26-18-36-29-9-6-23(20-41(26)29)22-3-4-22/h5-7,9-11,16-18,20,22H,3-4,12-15,19H2,1H3,(H2,35,37,38,42). The number of hydrogen-bond acceptors (Lipinski definition) is 5. The molecule has 2 N–H and O–H groups in total. The molecule has 2 fully saturated rings. The maximum absolute atomic E-state index is 13.9. The van der Waals surface area contributed by atoms with Crippen molar-refractivity contribution < 1.29 is 18.0 Å². The van der Waals surface area contributed by atoms with Crippen LogP contribution in [0.25, 0.3) is 5.65 Å². The third-order valence-corrected chi connectivity index (χ3v) is 7.58. The number of carbonyl (C=O) groups excluding carboxylic acids is 1. The summed E-state index contributed by atoms with van der Waals surface area (Å²) in [6, 6.07) is 10.6. The van der Waals surface area contributed by atoms with Gasteiger partial charge >= 0.3 is 12.2 Å². The molecule has 2 aliphatic rings. The molecule has 42 heavy (non-hydrogen) atoms. The first-order chi connectivity index (χ1) is 20.2. The maximum Gasteiger partial charge on any atom is 0.416 e. The SMILES string of the molecule is CN1CCN(Cc2ccc(NC(=O)Nc3cc(C#Cc4cnc5ccc(C6CC6)cn45)ccn3)cc2C(F)(F)F)CC1. The molecule has 216 valence electrons. The van der Waals surface area contributed by atoms with E-state index in [9.17, 15) is 18.0 Å². The van der Waals surface area contributed by atoms with Crippen molar-refractivity contribution in [2.75, 3.05) is 43.9 Å². The second kappa shape index (κ2) is 11.5. The fourth-order valence-electron chi connectivity index (χ4n) is 5.04. The monoisotopic (exact) mass is 573 g/mol. The van der Waals surface area contributed by atoms with Crippen LogP contribution in [-0.4, -0.2) is 63.4 Å². The highest BCUT2D eigenvalue weighted by Gasteiger charge is 2.34. The highest BCUT2D eigenvalue weighted by Crippen LogP contribution is 2.40. The number of nitrogens with one attached hydrogen (secondary N) is 2. The Bertz CT molecular complexity index is 1680. The van der Waals surface area contributed by atoms with Crippen LogP contribution in [0.2, 0.25) is 0 Å². The number of urea groups is 1. The van der Waals surface area contributed by atoms with Gasteiger partial charge in [0.2, 0.25) is 0 Å². The van der Waals surface area contributed by atoms with Crippen LogP contribution in [0.4, 0.5) is 29.5 Å². The molecule has 2 amide bonds. The summed E-state index contributed by atoms with van der Waals surface area (Å²) in [4.78, 5) is 25.4. The number of halogens is 3. The molecule has 1 saturated heterocycles. The van der Waals surface area contributed by atoms with E-state index in [1.807, 2.05) is 22.4 Å². The number of alkyl halides is 3. The number of hydrogen-bond donors (Lipinski definition) is 2. The summed E-state index contributed by atoms with van der Waals surface area (Å²) in [5, 5.41) is 5.08. The Morgan fingerprint density at radius 2 is 1.81 bits per heavy atom. The lowest BCUT2D eigenvalue weighted by Crippen LogP contribution is -2.44. The Morgan fingerprint density at radius 3 is 2.57 bits per heavy atom. The number of carbonyl (C=O) groups is 1. The van der Waals surface area contributed by atoms with E-state index in [-0.39, 0.29) is 23.6 Å². The Morgan fingerprint density at radius 1 is 1.00 bits per heavy atom. The zero-order valence-electron chi connectivity index (χ0n) is 23.1. The lowest BCUT2D eigenvalue weighted by atomic mass is 10.0. The largest absolute Gasteiger partial charge is 0.416 e. The van der Waals surface area contributed by atoms with Crippen molar-refractivity contribution in [2.45, 2.75) is 31.5 Å². The predicted octanol–water partition coefficient (Wildman–Crippen LogP) is 5.42. The lowest BCUT2D eigenvalue weighted by molar-refractivity contribution is -0.138. The Labute approximate surface area is 241 Å². The van der Waals surface area contributed by atoms with E-state index in [4.69, 9.17) is 0 Å². The first-order valence-corrected chi connectivity index (χ1v) is 13.9. The minimum atomic E-state index is -4.55. The highest BCUT2D eigenvalue weighted by atomic mass is 19.4. The lowest BCUT2D eigenvalue weighted by Gasteiger charge is -2.33. The molecule has 11 heteroatoms. The summed E-state index contributed by atoms with van der Waals surface area (Å²) in [5.74, 6) is 7.04. The van der Waals surface area contributed by atoms with Gasteiger partial charge in [-0.15, -0.1) is 0 Å². The van der Waals surface area contributed by atoms with Gasteiger partial charge in [-0.05, 0) is 73.2 Å². The van der Waals surface area contributed by atoms with Gasteiger partial charge in [-0.25, -0.2) is 14.8 Å². The topological polar surface area (TPSA) is 77.8 Å². The van der Waals surface area contributed by atoms with Crippen molar-refractivity contribution in [3.8, 4) is 11.8 Å². The van der Waals surface area contributed by atoms with Gasteiger partial charge < -0.3 is 10.2 Å². The average Bonchev–Trinajstić information content (AvgIpc) is 3.73. The molecule has 3 aromatic heterocycles. The van der Waals surface area contributed by atoms with Crippen LogP contribution in [0.1, 0.15) is 46.7 Å². The fraction of sp³-hybridized carbons (Fsp3) is 0.323. The molecule has 1 saturated carbocycles. The maximum atomic E-state index is 13.9. The Kier molecular flexibility index (Phi) is 7.58. The smallest absolute Gasteiger partial charge is 0.308 e. The number of nitrogens with zero attached hydrogens (tertiary/aromatic N) is 5. The quantitative estimate of drug-likeness (QED) is 0.312. The molecular weight excluding hydrogens is 543 g/mol. The zero-order chi connectivity index (χ0) is 29.3. The van der Waals surface area contributed by atoms with Crippen molar-refractivity contribution in [1.29, 1.82) is 0 Å². The van der Waals surface area contributed by atoms with Gasteiger partial charge in [0.05, 0.1) is 11.8 Å². The molecule has 1 aliphatic heterocycles. The number of pyridine rings is 2. The van der Waals surface area contributed by atoms with Gasteiger partial charge in [-0.3, -0.25) is 14.6 Å². The summed E-state index contributed by atoms with van der Waals surface area (Å²) >= 11 is 0. The minimum Gasteiger partial charge on any atom is -0.308 e. The van der Waals surface area contributed by atoms with Crippen LogP contribution in [0.5, 0.6) is 0 Å². The number of rotatable bonds is 5. The molecule has 1 aromatic carbocycles. The number of benzene rings is 1. The molecule has 6 rings (SSSR count). The molecule has 8 nitrogen and oxygen atoms in total. The van der Waals surface area contributed by atoms with Crippen LogP contribution in [-0.2, 0) is 12.7 Å².